The summed E-state index contributed by atoms with van der Waals surface area (Å²) in [6, 6.07) is 7.55. The number of nitrogens with zero attached hydrogens (tertiary/aromatic N) is 2. The van der Waals surface area contributed by atoms with Crippen molar-refractivity contribution in [3.05, 3.63) is 24.3 Å². The molecule has 24 heavy (non-hydrogen) atoms. The standard InChI is InChI=1S/C18H30N4O2/c1-18(2,3)16(23)13-19-17(24)20-14-7-5-6-8-15(14)22-11-9-21(4)10-12-22/h5-8,16,23H,9-13H2,1-4H3,(H2,19,20,24). The Balaban J connectivity index is 1.96. The van der Waals surface area contributed by atoms with Crippen molar-refractivity contribution in [3.8, 4) is 0 Å². The zero-order valence-electron chi connectivity index (χ0n) is 15.2. The molecule has 6 nitrogen and oxygen atoms in total. The van der Waals surface area contributed by atoms with Gasteiger partial charge in [-0.05, 0) is 24.6 Å². The molecule has 2 amide bonds. The molecule has 3 N–H and O–H groups in total. The first-order valence-corrected chi connectivity index (χ1v) is 8.53. The number of hydrogen-bond donors (Lipinski definition) is 3. The van der Waals surface area contributed by atoms with Crippen LogP contribution in [0, 0.1) is 5.41 Å². The first-order valence-electron chi connectivity index (χ1n) is 8.53. The van der Waals surface area contributed by atoms with Crippen LogP contribution in [0.3, 0.4) is 0 Å². The fourth-order valence-corrected chi connectivity index (χ4v) is 2.56. The SMILES string of the molecule is CN1CCN(c2ccccc2NC(=O)NCC(O)C(C)(C)C)CC1. The number of anilines is 2. The summed E-state index contributed by atoms with van der Waals surface area (Å²) in [7, 11) is 2.12. The number of urea groups is 1. The largest absolute Gasteiger partial charge is 0.391 e. The van der Waals surface area contributed by atoms with Crippen molar-refractivity contribution >= 4 is 17.4 Å². The van der Waals surface area contributed by atoms with Gasteiger partial charge in [0.25, 0.3) is 0 Å². The van der Waals surface area contributed by atoms with Crippen LogP contribution >= 0.6 is 0 Å². The average molecular weight is 334 g/mol. The Morgan fingerprint density at radius 2 is 1.83 bits per heavy atom. The molecule has 134 valence electrons. The van der Waals surface area contributed by atoms with E-state index in [9.17, 15) is 9.90 Å². The maximum Gasteiger partial charge on any atom is 0.319 e. The lowest BCUT2D eigenvalue weighted by Crippen LogP contribution is -2.45. The molecule has 0 bridgehead atoms. The highest BCUT2D eigenvalue weighted by Crippen LogP contribution is 2.26. The summed E-state index contributed by atoms with van der Waals surface area (Å²) in [4.78, 5) is 16.8. The first kappa shape index (κ1) is 18.5. The molecule has 2 rings (SSSR count). The number of hydrogen-bond acceptors (Lipinski definition) is 4. The molecule has 0 saturated carbocycles. The van der Waals surface area contributed by atoms with Crippen molar-refractivity contribution in [2.45, 2.75) is 26.9 Å². The Morgan fingerprint density at radius 3 is 2.46 bits per heavy atom. The minimum Gasteiger partial charge on any atom is -0.391 e. The summed E-state index contributed by atoms with van der Waals surface area (Å²) in [6.45, 7) is 9.97. The zero-order valence-corrected chi connectivity index (χ0v) is 15.2. The molecule has 1 aliphatic heterocycles. The molecule has 1 aromatic carbocycles. The second-order valence-electron chi connectivity index (χ2n) is 7.52. The summed E-state index contributed by atoms with van der Waals surface area (Å²) in [5.41, 5.74) is 1.58. The van der Waals surface area contributed by atoms with Gasteiger partial charge in [-0.3, -0.25) is 0 Å². The monoisotopic (exact) mass is 334 g/mol. The van der Waals surface area contributed by atoms with E-state index >= 15 is 0 Å². The Bertz CT molecular complexity index is 548. The maximum absolute atomic E-state index is 12.2. The van der Waals surface area contributed by atoms with Gasteiger partial charge in [-0.15, -0.1) is 0 Å². The van der Waals surface area contributed by atoms with Gasteiger partial charge in [0.2, 0.25) is 0 Å². The normalized spacial score (nSPS) is 17.5. The number of amides is 2. The topological polar surface area (TPSA) is 67.8 Å². The van der Waals surface area contributed by atoms with Crippen molar-refractivity contribution in [2.24, 2.45) is 5.41 Å². The molecule has 1 aliphatic rings. The minimum absolute atomic E-state index is 0.228. The Labute approximate surface area is 144 Å². The van der Waals surface area contributed by atoms with Gasteiger partial charge >= 0.3 is 6.03 Å². The highest BCUT2D eigenvalue weighted by Gasteiger charge is 2.23. The smallest absolute Gasteiger partial charge is 0.319 e. The van der Waals surface area contributed by atoms with Gasteiger partial charge in [-0.25, -0.2) is 4.79 Å². The molecule has 0 spiro atoms. The second kappa shape index (κ2) is 7.85. The molecule has 1 aromatic rings. The van der Waals surface area contributed by atoms with Crippen LogP contribution in [-0.2, 0) is 0 Å². The van der Waals surface area contributed by atoms with Crippen LogP contribution in [0.1, 0.15) is 20.8 Å². The number of benzene rings is 1. The summed E-state index contributed by atoms with van der Waals surface area (Å²) in [5.74, 6) is 0. The minimum atomic E-state index is -0.587. The second-order valence-corrected chi connectivity index (χ2v) is 7.52. The highest BCUT2D eigenvalue weighted by atomic mass is 16.3. The van der Waals surface area contributed by atoms with E-state index in [1.807, 2.05) is 45.0 Å². The lowest BCUT2D eigenvalue weighted by Gasteiger charge is -2.35. The molecule has 1 atom stereocenters. The molecule has 0 radical (unpaired) electrons. The van der Waals surface area contributed by atoms with Crippen LogP contribution in [0.4, 0.5) is 16.2 Å². The van der Waals surface area contributed by atoms with Crippen molar-refractivity contribution < 1.29 is 9.90 Å². The molecule has 1 saturated heterocycles. The van der Waals surface area contributed by atoms with Crippen LogP contribution < -0.4 is 15.5 Å². The number of rotatable bonds is 4. The van der Waals surface area contributed by atoms with Gasteiger partial charge in [0.05, 0.1) is 17.5 Å². The molecule has 6 heteroatoms. The number of aliphatic hydroxyl groups excluding tert-OH is 1. The van der Waals surface area contributed by atoms with Crippen molar-refractivity contribution in [1.29, 1.82) is 0 Å². The molecular formula is C18H30N4O2. The number of para-hydroxylation sites is 2. The summed E-state index contributed by atoms with van der Waals surface area (Å²) in [5, 5.41) is 15.7. The third-order valence-electron chi connectivity index (χ3n) is 4.45. The summed E-state index contributed by atoms with van der Waals surface area (Å²) < 4.78 is 0. The van der Waals surface area contributed by atoms with Crippen molar-refractivity contribution in [1.82, 2.24) is 10.2 Å². The molecular weight excluding hydrogens is 304 g/mol. The third kappa shape index (κ3) is 5.11. The number of piperazine rings is 1. The molecule has 0 aliphatic carbocycles. The Kier molecular flexibility index (Phi) is 6.07. The Morgan fingerprint density at radius 1 is 1.21 bits per heavy atom. The van der Waals surface area contributed by atoms with Crippen LogP contribution in [0.5, 0.6) is 0 Å². The first-order chi connectivity index (χ1) is 11.3. The van der Waals surface area contributed by atoms with Crippen LogP contribution in [0.15, 0.2) is 24.3 Å². The predicted octanol–water partition coefficient (Wildman–Crippen LogP) is 1.97. The zero-order chi connectivity index (χ0) is 17.7. The van der Waals surface area contributed by atoms with Crippen LogP contribution in [0.2, 0.25) is 0 Å². The molecule has 1 fully saturated rings. The lowest BCUT2D eigenvalue weighted by atomic mass is 9.89. The van der Waals surface area contributed by atoms with Crippen molar-refractivity contribution in [3.63, 3.8) is 0 Å². The lowest BCUT2D eigenvalue weighted by molar-refractivity contribution is 0.0654. The van der Waals surface area contributed by atoms with Gasteiger partial charge in [0.15, 0.2) is 0 Å². The van der Waals surface area contributed by atoms with Gasteiger partial charge in [0, 0.05) is 32.7 Å². The van der Waals surface area contributed by atoms with E-state index < -0.39 is 6.10 Å². The number of likely N-dealkylation sites (N-methyl/N-ethyl adjacent to an activating group) is 1. The number of carbonyl (C=O) groups excluding carboxylic acids is 1. The van der Waals surface area contributed by atoms with Crippen molar-refractivity contribution in [2.75, 3.05) is 50.0 Å². The number of aliphatic hydroxyl groups is 1. The molecule has 0 aromatic heterocycles. The van der Waals surface area contributed by atoms with Gasteiger partial charge in [-0.2, -0.15) is 0 Å². The fourth-order valence-electron chi connectivity index (χ4n) is 2.56. The number of carbonyl (C=O) groups is 1. The average Bonchev–Trinajstić information content (AvgIpc) is 2.53. The van der Waals surface area contributed by atoms with E-state index in [-0.39, 0.29) is 18.0 Å². The summed E-state index contributed by atoms with van der Waals surface area (Å²) in [6.07, 6.45) is -0.587. The van der Waals surface area contributed by atoms with E-state index in [1.165, 1.54) is 0 Å². The summed E-state index contributed by atoms with van der Waals surface area (Å²) >= 11 is 0. The molecule has 1 unspecified atom stereocenters. The highest BCUT2D eigenvalue weighted by molar-refractivity contribution is 5.93. The van der Waals surface area contributed by atoms with E-state index in [2.05, 4.69) is 27.5 Å². The van der Waals surface area contributed by atoms with Gasteiger partial charge in [0.1, 0.15) is 0 Å². The maximum atomic E-state index is 12.2. The predicted molar refractivity (Wildman–Crippen MR) is 98.6 cm³/mol. The fraction of sp³-hybridized carbons (Fsp3) is 0.611. The van der Waals surface area contributed by atoms with Crippen LogP contribution in [-0.4, -0.2) is 61.9 Å². The molecule has 1 heterocycles. The van der Waals surface area contributed by atoms with Gasteiger partial charge in [-0.1, -0.05) is 32.9 Å². The number of nitrogens with one attached hydrogen (secondary N) is 2. The van der Waals surface area contributed by atoms with E-state index in [0.29, 0.717) is 0 Å². The third-order valence-corrected chi connectivity index (χ3v) is 4.45. The van der Waals surface area contributed by atoms with Crippen LogP contribution in [0.25, 0.3) is 0 Å². The van der Waals surface area contributed by atoms with E-state index in [0.717, 1.165) is 37.6 Å². The quantitative estimate of drug-likeness (QED) is 0.787. The van der Waals surface area contributed by atoms with Gasteiger partial charge < -0.3 is 25.5 Å². The van der Waals surface area contributed by atoms with E-state index in [4.69, 9.17) is 0 Å². The Hall–Kier alpha value is -1.79. The van der Waals surface area contributed by atoms with E-state index in [1.54, 1.807) is 0 Å².